The molecule has 1 aliphatic rings. The lowest BCUT2D eigenvalue weighted by molar-refractivity contribution is 0.0632. The topological polar surface area (TPSA) is 90.4 Å². The van der Waals surface area contributed by atoms with E-state index in [1.807, 2.05) is 0 Å². The lowest BCUT2D eigenvalue weighted by Crippen LogP contribution is -2.48. The standard InChI is InChI=1S/C14H29N3O2/c1-4-13(2)7-11(16)8-14(3,9-13)10-17-12(18)19-6-5-15/h11H,4-10,15-16H2,1-3H3,(H,17,18). The molecule has 0 spiro atoms. The van der Waals surface area contributed by atoms with Gasteiger partial charge in [0.25, 0.3) is 0 Å². The quantitative estimate of drug-likeness (QED) is 0.708. The summed E-state index contributed by atoms with van der Waals surface area (Å²) >= 11 is 0. The van der Waals surface area contributed by atoms with Crippen LogP contribution in [-0.2, 0) is 4.74 Å². The summed E-state index contributed by atoms with van der Waals surface area (Å²) in [4.78, 5) is 11.5. The SMILES string of the molecule is CCC1(C)CC(N)CC(C)(CNC(=O)OCCN)C1. The van der Waals surface area contributed by atoms with Crippen LogP contribution in [0.1, 0.15) is 46.5 Å². The van der Waals surface area contributed by atoms with Crippen LogP contribution in [0, 0.1) is 10.8 Å². The Morgan fingerprint density at radius 3 is 2.58 bits per heavy atom. The van der Waals surface area contributed by atoms with Crippen LogP contribution in [0.4, 0.5) is 4.79 Å². The van der Waals surface area contributed by atoms with Crippen LogP contribution in [0.15, 0.2) is 0 Å². The zero-order valence-electron chi connectivity index (χ0n) is 12.5. The van der Waals surface area contributed by atoms with E-state index in [-0.39, 0.29) is 29.6 Å². The van der Waals surface area contributed by atoms with E-state index in [2.05, 4.69) is 26.1 Å². The Kier molecular flexibility index (Phi) is 5.62. The largest absolute Gasteiger partial charge is 0.448 e. The highest BCUT2D eigenvalue weighted by Crippen LogP contribution is 2.47. The Balaban J connectivity index is 2.52. The molecule has 1 aliphatic carbocycles. The summed E-state index contributed by atoms with van der Waals surface area (Å²) in [5.41, 5.74) is 11.8. The van der Waals surface area contributed by atoms with Gasteiger partial charge in [-0.1, -0.05) is 27.2 Å². The van der Waals surface area contributed by atoms with Gasteiger partial charge in [0, 0.05) is 19.1 Å². The highest BCUT2D eigenvalue weighted by molar-refractivity contribution is 5.67. The number of hydrogen-bond donors (Lipinski definition) is 3. The molecule has 0 aromatic heterocycles. The molecule has 1 rings (SSSR count). The number of hydrogen-bond acceptors (Lipinski definition) is 4. The van der Waals surface area contributed by atoms with Crippen molar-refractivity contribution < 1.29 is 9.53 Å². The van der Waals surface area contributed by atoms with E-state index in [1.165, 1.54) is 0 Å². The maximum atomic E-state index is 11.5. The summed E-state index contributed by atoms with van der Waals surface area (Å²) in [5.74, 6) is 0. The van der Waals surface area contributed by atoms with Gasteiger partial charge in [-0.2, -0.15) is 0 Å². The third-order valence-electron chi connectivity index (χ3n) is 4.23. The monoisotopic (exact) mass is 271 g/mol. The van der Waals surface area contributed by atoms with Gasteiger partial charge in [0.2, 0.25) is 0 Å². The molecule has 1 fully saturated rings. The number of nitrogens with one attached hydrogen (secondary N) is 1. The predicted molar refractivity (Wildman–Crippen MR) is 76.7 cm³/mol. The maximum Gasteiger partial charge on any atom is 0.407 e. The molecule has 5 N–H and O–H groups in total. The Labute approximate surface area is 116 Å². The Morgan fingerprint density at radius 2 is 2.00 bits per heavy atom. The minimum Gasteiger partial charge on any atom is -0.448 e. The van der Waals surface area contributed by atoms with Gasteiger partial charge in [0.05, 0.1) is 0 Å². The van der Waals surface area contributed by atoms with Gasteiger partial charge in [0.15, 0.2) is 0 Å². The molecule has 5 nitrogen and oxygen atoms in total. The molecular formula is C14H29N3O2. The fourth-order valence-corrected chi connectivity index (χ4v) is 3.41. The summed E-state index contributed by atoms with van der Waals surface area (Å²) in [6, 6.07) is 0.213. The zero-order valence-corrected chi connectivity index (χ0v) is 12.5. The van der Waals surface area contributed by atoms with Crippen LogP contribution >= 0.6 is 0 Å². The minimum atomic E-state index is -0.385. The minimum absolute atomic E-state index is 0.0458. The number of alkyl carbamates (subject to hydrolysis) is 1. The molecule has 1 amide bonds. The van der Waals surface area contributed by atoms with E-state index < -0.39 is 0 Å². The molecule has 0 bridgehead atoms. The number of carbonyl (C=O) groups is 1. The van der Waals surface area contributed by atoms with Gasteiger partial charge < -0.3 is 21.5 Å². The molecule has 0 aliphatic heterocycles. The van der Waals surface area contributed by atoms with Crippen molar-refractivity contribution >= 4 is 6.09 Å². The van der Waals surface area contributed by atoms with Crippen molar-refractivity contribution in [3.05, 3.63) is 0 Å². The van der Waals surface area contributed by atoms with Gasteiger partial charge in [-0.05, 0) is 30.1 Å². The van der Waals surface area contributed by atoms with Crippen molar-refractivity contribution in [2.75, 3.05) is 19.7 Å². The molecule has 112 valence electrons. The van der Waals surface area contributed by atoms with Crippen LogP contribution in [-0.4, -0.2) is 31.8 Å². The van der Waals surface area contributed by atoms with Crippen LogP contribution < -0.4 is 16.8 Å². The molecule has 0 heterocycles. The third-order valence-corrected chi connectivity index (χ3v) is 4.23. The van der Waals surface area contributed by atoms with Crippen molar-refractivity contribution in [3.8, 4) is 0 Å². The molecule has 0 saturated heterocycles. The summed E-state index contributed by atoms with van der Waals surface area (Å²) < 4.78 is 4.93. The van der Waals surface area contributed by atoms with E-state index in [0.717, 1.165) is 25.7 Å². The van der Waals surface area contributed by atoms with Crippen molar-refractivity contribution in [3.63, 3.8) is 0 Å². The summed E-state index contributed by atoms with van der Waals surface area (Å²) in [6.07, 6.45) is 3.83. The molecule has 3 atom stereocenters. The molecule has 19 heavy (non-hydrogen) atoms. The van der Waals surface area contributed by atoms with Crippen LogP contribution in [0.25, 0.3) is 0 Å². The highest BCUT2D eigenvalue weighted by Gasteiger charge is 2.41. The third kappa shape index (κ3) is 4.99. The van der Waals surface area contributed by atoms with E-state index >= 15 is 0 Å². The number of amides is 1. The van der Waals surface area contributed by atoms with Crippen molar-refractivity contribution in [1.29, 1.82) is 0 Å². The average molecular weight is 271 g/mol. The number of carbonyl (C=O) groups excluding carboxylic acids is 1. The Bertz CT molecular complexity index is 311. The number of ether oxygens (including phenoxy) is 1. The van der Waals surface area contributed by atoms with Crippen molar-refractivity contribution in [2.24, 2.45) is 22.3 Å². The molecule has 5 heteroatoms. The predicted octanol–water partition coefficient (Wildman–Crippen LogP) is 1.61. The molecule has 0 aromatic carbocycles. The van der Waals surface area contributed by atoms with Gasteiger partial charge in [-0.3, -0.25) is 0 Å². The van der Waals surface area contributed by atoms with E-state index in [1.54, 1.807) is 0 Å². The first-order valence-corrected chi connectivity index (χ1v) is 7.19. The Morgan fingerprint density at radius 1 is 1.37 bits per heavy atom. The second-order valence-corrected chi connectivity index (χ2v) is 6.60. The van der Waals surface area contributed by atoms with E-state index in [0.29, 0.717) is 13.1 Å². The zero-order chi connectivity index (χ0) is 14.5. The lowest BCUT2D eigenvalue weighted by atomic mass is 9.61. The van der Waals surface area contributed by atoms with Gasteiger partial charge >= 0.3 is 6.09 Å². The summed E-state index contributed by atoms with van der Waals surface area (Å²) in [7, 11) is 0. The Hall–Kier alpha value is -0.810. The first-order valence-electron chi connectivity index (χ1n) is 7.19. The van der Waals surface area contributed by atoms with Crippen LogP contribution in [0.5, 0.6) is 0 Å². The van der Waals surface area contributed by atoms with E-state index in [4.69, 9.17) is 16.2 Å². The fraction of sp³-hybridized carbons (Fsp3) is 0.929. The van der Waals surface area contributed by atoms with Crippen molar-refractivity contribution in [1.82, 2.24) is 5.32 Å². The van der Waals surface area contributed by atoms with Crippen LogP contribution in [0.2, 0.25) is 0 Å². The smallest absolute Gasteiger partial charge is 0.407 e. The van der Waals surface area contributed by atoms with Gasteiger partial charge in [0.1, 0.15) is 6.61 Å². The lowest BCUT2D eigenvalue weighted by Gasteiger charge is -2.47. The van der Waals surface area contributed by atoms with Crippen molar-refractivity contribution in [2.45, 2.75) is 52.5 Å². The number of nitrogens with two attached hydrogens (primary N) is 2. The second kappa shape index (κ2) is 6.57. The molecular weight excluding hydrogens is 242 g/mol. The van der Waals surface area contributed by atoms with E-state index in [9.17, 15) is 4.79 Å². The first kappa shape index (κ1) is 16.2. The second-order valence-electron chi connectivity index (χ2n) is 6.60. The number of rotatable bonds is 5. The molecule has 0 radical (unpaired) electrons. The summed E-state index contributed by atoms with van der Waals surface area (Å²) in [6.45, 7) is 7.92. The van der Waals surface area contributed by atoms with Crippen LogP contribution in [0.3, 0.4) is 0 Å². The molecule has 0 aromatic rings. The molecule has 1 saturated carbocycles. The van der Waals surface area contributed by atoms with Gasteiger partial charge in [-0.25, -0.2) is 4.79 Å². The summed E-state index contributed by atoms with van der Waals surface area (Å²) in [5, 5.41) is 2.84. The fourth-order valence-electron chi connectivity index (χ4n) is 3.41. The van der Waals surface area contributed by atoms with Gasteiger partial charge in [-0.15, -0.1) is 0 Å². The average Bonchev–Trinajstić information content (AvgIpc) is 2.32. The molecule has 3 unspecified atom stereocenters. The maximum absolute atomic E-state index is 11.5. The first-order chi connectivity index (χ1) is 8.82. The highest BCUT2D eigenvalue weighted by atomic mass is 16.5. The normalized spacial score (nSPS) is 34.9.